The van der Waals surface area contributed by atoms with Gasteiger partial charge in [0.05, 0.1) is 0 Å². The van der Waals surface area contributed by atoms with Crippen LogP contribution in [0.3, 0.4) is 0 Å². The average Bonchev–Trinajstić information content (AvgIpc) is 3.89. The van der Waals surface area contributed by atoms with Gasteiger partial charge in [0, 0.05) is 39.1 Å². The summed E-state index contributed by atoms with van der Waals surface area (Å²) in [6, 6.07) is 2.79. The molecule has 9 saturated carbocycles. The Hall–Kier alpha value is 0.660. The van der Waals surface area contributed by atoms with E-state index in [0.29, 0.717) is 0 Å². The van der Waals surface area contributed by atoms with Gasteiger partial charge in [0.15, 0.2) is 0 Å². The van der Waals surface area contributed by atoms with E-state index in [2.05, 4.69) is 28.4 Å². The number of hydrogen-bond donors (Lipinski definition) is 0. The molecular formula is C49H79NS2. The normalized spacial score (nSPS) is 53.7. The molecule has 2 heterocycles. The first-order chi connectivity index (χ1) is 25.8. The first-order valence-corrected chi connectivity index (χ1v) is 26.7. The van der Waals surface area contributed by atoms with Crippen molar-refractivity contribution in [3.8, 4) is 0 Å². The van der Waals surface area contributed by atoms with Crippen molar-refractivity contribution in [3.05, 3.63) is 0 Å². The third kappa shape index (κ3) is 6.50. The van der Waals surface area contributed by atoms with Crippen LogP contribution in [0.2, 0.25) is 0 Å². The van der Waals surface area contributed by atoms with Gasteiger partial charge in [-0.15, -0.1) is 0 Å². The molecule has 9 aliphatic carbocycles. The van der Waals surface area contributed by atoms with E-state index in [1.807, 2.05) is 0 Å². The van der Waals surface area contributed by atoms with Gasteiger partial charge in [0.25, 0.3) is 0 Å². The minimum atomic E-state index is 0.924. The van der Waals surface area contributed by atoms with Crippen molar-refractivity contribution in [2.75, 3.05) is 0 Å². The first kappa shape index (κ1) is 35.8. The second kappa shape index (κ2) is 15.4. The maximum atomic E-state index is 3.44. The summed E-state index contributed by atoms with van der Waals surface area (Å²) < 4.78 is 0. The van der Waals surface area contributed by atoms with Crippen molar-refractivity contribution in [3.63, 3.8) is 0 Å². The minimum Gasteiger partial charge on any atom is -0.294 e. The van der Waals surface area contributed by atoms with Gasteiger partial charge in [-0.05, 0) is 180 Å². The number of hydrogen-bond acceptors (Lipinski definition) is 3. The van der Waals surface area contributed by atoms with E-state index >= 15 is 0 Å². The van der Waals surface area contributed by atoms with Crippen molar-refractivity contribution < 1.29 is 0 Å². The van der Waals surface area contributed by atoms with Crippen LogP contribution in [0, 0.1) is 71.0 Å². The number of fused-ring (bicyclic) bond motifs is 10. The third-order valence-corrected chi connectivity index (χ3v) is 24.0. The molecule has 0 bridgehead atoms. The maximum Gasteiger partial charge on any atom is 0.0123 e. The van der Waals surface area contributed by atoms with Crippen molar-refractivity contribution in [1.82, 2.24) is 4.90 Å². The van der Waals surface area contributed by atoms with Crippen LogP contribution in [-0.4, -0.2) is 44.0 Å². The molecule has 0 spiro atoms. The zero-order chi connectivity index (χ0) is 34.2. The fraction of sp³-hybridized carbons (Fsp3) is 1.00. The third-order valence-electron chi connectivity index (χ3n) is 20.1. The molecule has 3 heteroatoms. The van der Waals surface area contributed by atoms with Crippen LogP contribution in [-0.2, 0) is 0 Å². The lowest BCUT2D eigenvalue weighted by Crippen LogP contribution is -2.54. The first-order valence-electron chi connectivity index (χ1n) is 24.8. The molecule has 11 rings (SSSR count). The molecule has 1 nitrogen and oxygen atoms in total. The van der Waals surface area contributed by atoms with Gasteiger partial charge in [0.1, 0.15) is 0 Å². The largest absolute Gasteiger partial charge is 0.294 e. The Morgan fingerprint density at radius 3 is 1.77 bits per heavy atom. The fourth-order valence-corrected chi connectivity index (χ4v) is 22.9. The highest BCUT2D eigenvalue weighted by molar-refractivity contribution is 8.02. The molecule has 2 aliphatic heterocycles. The molecule has 16 atom stereocenters. The van der Waals surface area contributed by atoms with Crippen LogP contribution in [0.15, 0.2) is 0 Å². The molecule has 0 aromatic carbocycles. The van der Waals surface area contributed by atoms with Crippen molar-refractivity contribution in [2.24, 2.45) is 71.0 Å². The molecule has 292 valence electrons. The highest BCUT2D eigenvalue weighted by Gasteiger charge is 2.59. The van der Waals surface area contributed by atoms with Crippen LogP contribution < -0.4 is 0 Å². The summed E-state index contributed by atoms with van der Waals surface area (Å²) in [6.07, 6.45) is 47.3. The summed E-state index contributed by atoms with van der Waals surface area (Å²) in [6.45, 7) is 0. The van der Waals surface area contributed by atoms with Crippen LogP contribution in [0.5, 0.6) is 0 Å². The van der Waals surface area contributed by atoms with Crippen molar-refractivity contribution in [2.45, 2.75) is 232 Å². The maximum absolute atomic E-state index is 3.44. The highest BCUT2D eigenvalue weighted by Crippen LogP contribution is 2.66. The monoisotopic (exact) mass is 746 g/mol. The molecule has 11 fully saturated rings. The Labute approximate surface area is 329 Å². The summed E-state index contributed by atoms with van der Waals surface area (Å²) in [5, 5.41) is 4.18. The molecule has 2 saturated heterocycles. The van der Waals surface area contributed by atoms with Gasteiger partial charge in [-0.25, -0.2) is 0 Å². The standard InChI is InChI=1S/C49H79NS2/c1-2-10-31(11-3-1)32-20-22-36(23-21-32)50(38-24-25-40-35(30-38)28-33-12-4-5-15-39(33)40)37-14-8-13-34(29-37)41-17-9-18-42-43-26-27-46-47(49(43)52-48(41)42)44-16-6-7-19-45(44)51-46/h31-49H,1-30H2. The molecule has 0 N–H and O–H groups in total. The molecule has 0 amide bonds. The van der Waals surface area contributed by atoms with E-state index in [4.69, 9.17) is 0 Å². The summed E-state index contributed by atoms with van der Waals surface area (Å²) in [4.78, 5) is 3.44. The zero-order valence-electron chi connectivity index (χ0n) is 33.4. The SMILES string of the molecule is C1CCC(C2CCC(N(C3CCC4C(CC5CCCCC54)C3)C3CCCC(C4CCCC5C6CCC7SC8CCCCC8C7C6SC45)C3)CC2)CC1. The smallest absolute Gasteiger partial charge is 0.0123 e. The van der Waals surface area contributed by atoms with Crippen LogP contribution >= 0.6 is 23.5 Å². The molecule has 11 aliphatic rings. The Morgan fingerprint density at radius 1 is 0.288 bits per heavy atom. The summed E-state index contributed by atoms with van der Waals surface area (Å²) in [5.74, 6) is 13.1. The van der Waals surface area contributed by atoms with Gasteiger partial charge in [0.2, 0.25) is 0 Å². The second-order valence-corrected chi connectivity index (χ2v) is 25.0. The van der Waals surface area contributed by atoms with Crippen LogP contribution in [0.4, 0.5) is 0 Å². The predicted octanol–water partition coefficient (Wildman–Crippen LogP) is 13.6. The fourth-order valence-electron chi connectivity index (χ4n) is 18.2. The summed E-state index contributed by atoms with van der Waals surface area (Å²) in [7, 11) is 0. The number of rotatable bonds is 5. The van der Waals surface area contributed by atoms with Gasteiger partial charge in [-0.2, -0.15) is 23.5 Å². The minimum absolute atomic E-state index is 0.924. The van der Waals surface area contributed by atoms with E-state index in [0.717, 1.165) is 110 Å². The molecule has 52 heavy (non-hydrogen) atoms. The Morgan fingerprint density at radius 2 is 0.865 bits per heavy atom. The lowest BCUT2D eigenvalue weighted by Gasteiger charge is -2.52. The molecule has 0 aromatic heterocycles. The van der Waals surface area contributed by atoms with E-state index in [9.17, 15) is 0 Å². The van der Waals surface area contributed by atoms with Crippen molar-refractivity contribution >= 4 is 23.5 Å². The summed E-state index contributed by atoms with van der Waals surface area (Å²) in [5.41, 5.74) is 0. The molecular weight excluding hydrogens is 667 g/mol. The number of thioether (sulfide) groups is 2. The van der Waals surface area contributed by atoms with Gasteiger partial charge in [-0.1, -0.05) is 83.5 Å². The lowest BCUT2D eigenvalue weighted by molar-refractivity contribution is -0.0227. The van der Waals surface area contributed by atoms with Crippen molar-refractivity contribution in [1.29, 1.82) is 0 Å². The lowest BCUT2D eigenvalue weighted by atomic mass is 9.62. The average molecular weight is 746 g/mol. The zero-order valence-corrected chi connectivity index (χ0v) is 35.1. The number of nitrogens with zero attached hydrogens (tertiary/aromatic N) is 1. The molecule has 0 radical (unpaired) electrons. The van der Waals surface area contributed by atoms with E-state index < -0.39 is 0 Å². The quantitative estimate of drug-likeness (QED) is 0.276. The molecule has 16 unspecified atom stereocenters. The molecule has 0 aromatic rings. The second-order valence-electron chi connectivity index (χ2n) is 22.1. The summed E-state index contributed by atoms with van der Waals surface area (Å²) >= 11 is 5.21. The van der Waals surface area contributed by atoms with E-state index in [1.165, 1.54) is 25.7 Å². The van der Waals surface area contributed by atoms with Crippen LogP contribution in [0.25, 0.3) is 0 Å². The van der Waals surface area contributed by atoms with Crippen LogP contribution in [0.1, 0.15) is 193 Å². The Kier molecular flexibility index (Phi) is 10.6. The van der Waals surface area contributed by atoms with Gasteiger partial charge < -0.3 is 0 Å². The van der Waals surface area contributed by atoms with E-state index in [-0.39, 0.29) is 0 Å². The van der Waals surface area contributed by atoms with Gasteiger partial charge >= 0.3 is 0 Å². The van der Waals surface area contributed by atoms with Gasteiger partial charge in [-0.3, -0.25) is 4.90 Å². The van der Waals surface area contributed by atoms with E-state index in [1.54, 1.807) is 167 Å². The Balaban J connectivity index is 0.814. The topological polar surface area (TPSA) is 3.24 Å². The predicted molar refractivity (Wildman–Crippen MR) is 224 cm³/mol. The highest BCUT2D eigenvalue weighted by atomic mass is 32.2. The Bertz CT molecular complexity index is 1210.